The van der Waals surface area contributed by atoms with Crippen LogP contribution in [0.4, 0.5) is 5.13 Å². The van der Waals surface area contributed by atoms with Gasteiger partial charge >= 0.3 is 0 Å². The van der Waals surface area contributed by atoms with Crippen molar-refractivity contribution < 1.29 is 0 Å². The van der Waals surface area contributed by atoms with E-state index in [1.54, 1.807) is 11.3 Å². The fraction of sp³-hybridized carbons (Fsp3) is 0.333. The van der Waals surface area contributed by atoms with Crippen LogP contribution in [0.2, 0.25) is 0 Å². The van der Waals surface area contributed by atoms with Crippen LogP contribution in [-0.4, -0.2) is 16.0 Å². The predicted octanol–water partition coefficient (Wildman–Crippen LogP) is 3.36. The maximum Gasteiger partial charge on any atom is 0.206 e. The van der Waals surface area contributed by atoms with Crippen LogP contribution in [0.5, 0.6) is 0 Å². The average Bonchev–Trinajstić information content (AvgIpc) is 2.97. The van der Waals surface area contributed by atoms with Crippen molar-refractivity contribution in [2.45, 2.75) is 24.3 Å². The molecule has 1 atom stereocenters. The van der Waals surface area contributed by atoms with E-state index in [1.807, 2.05) is 11.8 Å². The van der Waals surface area contributed by atoms with Crippen LogP contribution in [0, 0.1) is 0 Å². The fourth-order valence-electron chi connectivity index (χ4n) is 1.89. The van der Waals surface area contributed by atoms with Crippen LogP contribution in [0.3, 0.4) is 0 Å². The first kappa shape index (κ1) is 11.0. The predicted molar refractivity (Wildman–Crippen MR) is 72.8 cm³/mol. The summed E-state index contributed by atoms with van der Waals surface area (Å²) in [4.78, 5) is 1.38. The van der Waals surface area contributed by atoms with Gasteiger partial charge in [0, 0.05) is 10.6 Å². The van der Waals surface area contributed by atoms with E-state index in [4.69, 9.17) is 0 Å². The van der Waals surface area contributed by atoms with Gasteiger partial charge in [-0.1, -0.05) is 36.5 Å². The smallest absolute Gasteiger partial charge is 0.206 e. The van der Waals surface area contributed by atoms with Gasteiger partial charge in [-0.25, -0.2) is 0 Å². The number of fused-ring (bicyclic) bond motifs is 1. The monoisotopic (exact) mass is 263 g/mol. The molecule has 88 valence electrons. The molecule has 1 aliphatic rings. The zero-order chi connectivity index (χ0) is 11.7. The zero-order valence-corrected chi connectivity index (χ0v) is 11.1. The minimum Gasteiger partial charge on any atom is -0.352 e. The van der Waals surface area contributed by atoms with Crippen LogP contribution in [0.1, 0.15) is 23.5 Å². The molecule has 2 heterocycles. The number of aromatic nitrogens is 2. The van der Waals surface area contributed by atoms with E-state index in [0.29, 0.717) is 6.04 Å². The Hall–Kier alpha value is -1.07. The lowest BCUT2D eigenvalue weighted by Crippen LogP contribution is -2.09. The van der Waals surface area contributed by atoms with Crippen LogP contribution < -0.4 is 5.32 Å². The summed E-state index contributed by atoms with van der Waals surface area (Å²) in [5, 5.41) is 13.8. The van der Waals surface area contributed by atoms with Gasteiger partial charge in [0.25, 0.3) is 0 Å². The van der Waals surface area contributed by atoms with Gasteiger partial charge < -0.3 is 5.32 Å². The molecule has 5 heteroatoms. The normalized spacial score (nSPS) is 18.1. The molecule has 1 unspecified atom stereocenters. The molecule has 3 nitrogen and oxygen atoms in total. The molecule has 17 heavy (non-hydrogen) atoms. The van der Waals surface area contributed by atoms with Crippen molar-refractivity contribution in [3.63, 3.8) is 0 Å². The van der Waals surface area contributed by atoms with Crippen molar-refractivity contribution in [2.75, 3.05) is 11.1 Å². The molecular formula is C12H13N3S2. The quantitative estimate of drug-likeness (QED) is 0.921. The summed E-state index contributed by atoms with van der Waals surface area (Å²) in [7, 11) is 0. The summed E-state index contributed by atoms with van der Waals surface area (Å²) in [6, 6.07) is 8.92. The largest absolute Gasteiger partial charge is 0.352 e. The molecule has 0 bridgehead atoms. The molecule has 0 fully saturated rings. The van der Waals surface area contributed by atoms with E-state index < -0.39 is 0 Å². The van der Waals surface area contributed by atoms with E-state index in [2.05, 4.69) is 46.7 Å². The van der Waals surface area contributed by atoms with Gasteiger partial charge in [-0.05, 0) is 18.1 Å². The van der Waals surface area contributed by atoms with Gasteiger partial charge in [0.1, 0.15) is 5.01 Å². The van der Waals surface area contributed by atoms with Crippen molar-refractivity contribution in [3.8, 4) is 0 Å². The molecule has 0 saturated heterocycles. The second kappa shape index (κ2) is 4.66. The lowest BCUT2D eigenvalue weighted by molar-refractivity contribution is 0.883. The van der Waals surface area contributed by atoms with Gasteiger partial charge in [-0.15, -0.1) is 22.0 Å². The fourth-order valence-corrected chi connectivity index (χ4v) is 3.78. The minimum absolute atomic E-state index is 0.369. The molecule has 0 radical (unpaired) electrons. The summed E-state index contributed by atoms with van der Waals surface area (Å²) >= 11 is 3.55. The first-order valence-electron chi connectivity index (χ1n) is 5.67. The molecular weight excluding hydrogens is 250 g/mol. The molecule has 1 aromatic heterocycles. The molecule has 0 saturated carbocycles. The number of benzene rings is 1. The lowest BCUT2D eigenvalue weighted by atomic mass is 10.1. The summed E-state index contributed by atoms with van der Waals surface area (Å²) in [6.45, 7) is 2.10. The molecule has 0 amide bonds. The van der Waals surface area contributed by atoms with Crippen LogP contribution in [0.15, 0.2) is 29.2 Å². The third kappa shape index (κ3) is 2.17. The highest BCUT2D eigenvalue weighted by Crippen LogP contribution is 2.39. The maximum absolute atomic E-state index is 4.17. The molecule has 2 aromatic rings. The van der Waals surface area contributed by atoms with E-state index in [9.17, 15) is 0 Å². The standard InChI is InChI=1S/C12H13N3S2/c1-2-11-14-15-12(17-11)13-9-7-16-10-6-4-3-5-8(9)10/h3-6,9H,2,7H2,1H3,(H,13,15). The SMILES string of the molecule is CCc1nnc(NC2CSc3ccccc32)s1. The number of hydrogen-bond acceptors (Lipinski definition) is 5. The van der Waals surface area contributed by atoms with Gasteiger partial charge in [0.05, 0.1) is 6.04 Å². The number of nitrogens with zero attached hydrogens (tertiary/aromatic N) is 2. The van der Waals surface area contributed by atoms with Gasteiger partial charge in [0.2, 0.25) is 5.13 Å². The first-order valence-corrected chi connectivity index (χ1v) is 7.47. The minimum atomic E-state index is 0.369. The number of nitrogens with one attached hydrogen (secondary N) is 1. The summed E-state index contributed by atoms with van der Waals surface area (Å²) in [5.41, 5.74) is 1.38. The summed E-state index contributed by atoms with van der Waals surface area (Å²) in [5.74, 6) is 1.07. The van der Waals surface area contributed by atoms with E-state index in [0.717, 1.165) is 22.3 Å². The van der Waals surface area contributed by atoms with Crippen LogP contribution in [-0.2, 0) is 6.42 Å². The Morgan fingerprint density at radius 1 is 1.35 bits per heavy atom. The van der Waals surface area contributed by atoms with E-state index in [1.165, 1.54) is 10.5 Å². The molecule has 0 spiro atoms. The summed E-state index contributed by atoms with van der Waals surface area (Å²) in [6.07, 6.45) is 0.954. The number of anilines is 1. The molecule has 0 aliphatic carbocycles. The van der Waals surface area contributed by atoms with Gasteiger partial charge in [-0.3, -0.25) is 0 Å². The second-order valence-corrected chi connectivity index (χ2v) is 6.02. The molecule has 1 N–H and O–H groups in total. The Bertz CT molecular complexity index is 524. The van der Waals surface area contributed by atoms with Crippen LogP contribution >= 0.6 is 23.1 Å². The van der Waals surface area contributed by atoms with Crippen molar-refractivity contribution in [1.82, 2.24) is 10.2 Å². The second-order valence-electron chi connectivity index (χ2n) is 3.90. The van der Waals surface area contributed by atoms with Crippen molar-refractivity contribution in [1.29, 1.82) is 0 Å². The third-order valence-electron chi connectivity index (χ3n) is 2.77. The number of thioether (sulfide) groups is 1. The summed E-state index contributed by atoms with van der Waals surface area (Å²) < 4.78 is 0. The van der Waals surface area contributed by atoms with E-state index in [-0.39, 0.29) is 0 Å². The third-order valence-corrected chi connectivity index (χ3v) is 4.95. The van der Waals surface area contributed by atoms with Gasteiger partial charge in [0.15, 0.2) is 0 Å². The average molecular weight is 263 g/mol. The number of aryl methyl sites for hydroxylation is 1. The topological polar surface area (TPSA) is 37.8 Å². The number of rotatable bonds is 3. The Labute approximate surface area is 109 Å². The zero-order valence-electron chi connectivity index (χ0n) is 9.51. The molecule has 3 rings (SSSR count). The first-order chi connectivity index (χ1) is 8.36. The Balaban J connectivity index is 1.79. The van der Waals surface area contributed by atoms with Crippen molar-refractivity contribution in [2.24, 2.45) is 0 Å². The molecule has 1 aliphatic heterocycles. The Kier molecular flexibility index (Phi) is 3.03. The number of hydrogen-bond donors (Lipinski definition) is 1. The van der Waals surface area contributed by atoms with Crippen LogP contribution in [0.25, 0.3) is 0 Å². The van der Waals surface area contributed by atoms with Crippen molar-refractivity contribution in [3.05, 3.63) is 34.8 Å². The van der Waals surface area contributed by atoms with E-state index >= 15 is 0 Å². The lowest BCUT2D eigenvalue weighted by Gasteiger charge is -2.11. The van der Waals surface area contributed by atoms with Crippen molar-refractivity contribution >= 4 is 28.2 Å². The Morgan fingerprint density at radius 3 is 3.06 bits per heavy atom. The highest BCUT2D eigenvalue weighted by atomic mass is 32.2. The highest BCUT2D eigenvalue weighted by Gasteiger charge is 2.23. The highest BCUT2D eigenvalue weighted by molar-refractivity contribution is 7.99. The maximum atomic E-state index is 4.17. The van der Waals surface area contributed by atoms with Gasteiger partial charge in [-0.2, -0.15) is 0 Å². The Morgan fingerprint density at radius 2 is 2.24 bits per heavy atom. The molecule has 1 aromatic carbocycles.